The first-order chi connectivity index (χ1) is 12.0. The zero-order valence-corrected chi connectivity index (χ0v) is 13.8. The van der Waals surface area contributed by atoms with Crippen LogP contribution in [-0.4, -0.2) is 10.4 Å². The lowest BCUT2D eigenvalue weighted by molar-refractivity contribution is 0.101. The van der Waals surface area contributed by atoms with E-state index in [0.717, 1.165) is 10.8 Å². The highest BCUT2D eigenvalue weighted by molar-refractivity contribution is 6.08. The molecule has 4 rings (SSSR count). The predicted octanol–water partition coefficient (Wildman–Crippen LogP) is 3.48. The number of aromatic nitrogens is 1. The SMILES string of the molecule is CCn1c(=O)c(C(C)=O)cc2c(=O)c3c(ccc4ccccc43)oc21. The number of hydrogen-bond donors (Lipinski definition) is 0. The molecule has 0 N–H and O–H groups in total. The number of nitrogens with zero attached hydrogens (tertiary/aromatic N) is 1. The summed E-state index contributed by atoms with van der Waals surface area (Å²) >= 11 is 0. The largest absolute Gasteiger partial charge is 0.439 e. The number of pyridine rings is 1. The summed E-state index contributed by atoms with van der Waals surface area (Å²) in [7, 11) is 0. The first-order valence-corrected chi connectivity index (χ1v) is 8.06. The van der Waals surface area contributed by atoms with Crippen molar-refractivity contribution in [3.8, 4) is 0 Å². The molecule has 5 heteroatoms. The Bertz CT molecular complexity index is 1290. The average molecular weight is 333 g/mol. The first-order valence-electron chi connectivity index (χ1n) is 8.06. The zero-order chi connectivity index (χ0) is 17.7. The van der Waals surface area contributed by atoms with Gasteiger partial charge in [0, 0.05) is 6.54 Å². The number of hydrogen-bond acceptors (Lipinski definition) is 4. The molecule has 0 aliphatic rings. The van der Waals surface area contributed by atoms with E-state index in [1.54, 1.807) is 13.0 Å². The van der Waals surface area contributed by atoms with E-state index in [2.05, 4.69) is 0 Å². The van der Waals surface area contributed by atoms with Crippen LogP contribution in [0.3, 0.4) is 0 Å². The van der Waals surface area contributed by atoms with Crippen LogP contribution in [0, 0.1) is 0 Å². The standard InChI is InChI=1S/C20H15NO4/c1-3-21-19(24)14(11(2)22)10-15-18(23)17-13-7-5-4-6-12(13)8-9-16(17)25-20(15)21/h4-10H,3H2,1-2H3. The highest BCUT2D eigenvalue weighted by atomic mass is 16.3. The van der Waals surface area contributed by atoms with Gasteiger partial charge in [-0.1, -0.05) is 30.3 Å². The molecule has 0 saturated heterocycles. The number of ketones is 1. The second-order valence-corrected chi connectivity index (χ2v) is 5.97. The van der Waals surface area contributed by atoms with Crippen LogP contribution in [0.15, 0.2) is 56.5 Å². The second-order valence-electron chi connectivity index (χ2n) is 5.97. The first kappa shape index (κ1) is 15.3. The molecule has 0 saturated carbocycles. The molecular weight excluding hydrogens is 318 g/mol. The molecule has 124 valence electrons. The molecule has 4 aromatic rings. The number of Topliss-reactive ketones (excluding diaryl/α,β-unsaturated/α-hetero) is 1. The number of carbonyl (C=O) groups excluding carboxylic acids is 1. The second kappa shape index (κ2) is 5.41. The lowest BCUT2D eigenvalue weighted by Crippen LogP contribution is -2.26. The van der Waals surface area contributed by atoms with E-state index in [9.17, 15) is 14.4 Å². The van der Waals surface area contributed by atoms with Crippen molar-refractivity contribution in [3.05, 3.63) is 68.6 Å². The minimum Gasteiger partial charge on any atom is -0.439 e. The van der Waals surface area contributed by atoms with Crippen molar-refractivity contribution >= 4 is 38.6 Å². The molecule has 2 heterocycles. The van der Waals surface area contributed by atoms with Gasteiger partial charge in [0.25, 0.3) is 5.56 Å². The normalized spacial score (nSPS) is 11.4. The van der Waals surface area contributed by atoms with E-state index < -0.39 is 5.56 Å². The summed E-state index contributed by atoms with van der Waals surface area (Å²) in [6.07, 6.45) is 0. The number of carbonyl (C=O) groups is 1. The predicted molar refractivity (Wildman–Crippen MR) is 97.4 cm³/mol. The average Bonchev–Trinajstić information content (AvgIpc) is 2.61. The van der Waals surface area contributed by atoms with E-state index in [4.69, 9.17) is 4.42 Å². The number of benzene rings is 2. The van der Waals surface area contributed by atoms with Gasteiger partial charge in [0.2, 0.25) is 11.1 Å². The summed E-state index contributed by atoms with van der Waals surface area (Å²) in [5.74, 6) is -0.369. The number of aryl methyl sites for hydroxylation is 1. The summed E-state index contributed by atoms with van der Waals surface area (Å²) in [4.78, 5) is 37.5. The van der Waals surface area contributed by atoms with Crippen LogP contribution in [0.2, 0.25) is 0 Å². The Morgan fingerprint density at radius 2 is 1.84 bits per heavy atom. The van der Waals surface area contributed by atoms with Gasteiger partial charge in [-0.25, -0.2) is 0 Å². The van der Waals surface area contributed by atoms with Crippen molar-refractivity contribution in [2.75, 3.05) is 0 Å². The van der Waals surface area contributed by atoms with Gasteiger partial charge < -0.3 is 4.42 Å². The molecule has 0 radical (unpaired) electrons. The molecule has 5 nitrogen and oxygen atoms in total. The maximum atomic E-state index is 13.2. The Kier molecular flexibility index (Phi) is 3.32. The Morgan fingerprint density at radius 3 is 2.56 bits per heavy atom. The molecule has 0 atom stereocenters. The van der Waals surface area contributed by atoms with Gasteiger partial charge in [-0.2, -0.15) is 0 Å². The monoisotopic (exact) mass is 333 g/mol. The van der Waals surface area contributed by atoms with Crippen molar-refractivity contribution in [1.82, 2.24) is 4.57 Å². The van der Waals surface area contributed by atoms with Gasteiger partial charge in [0.1, 0.15) is 5.58 Å². The molecule has 0 amide bonds. The maximum Gasteiger partial charge on any atom is 0.264 e. The van der Waals surface area contributed by atoms with Crippen molar-refractivity contribution in [2.45, 2.75) is 20.4 Å². The van der Waals surface area contributed by atoms with Gasteiger partial charge >= 0.3 is 0 Å². The van der Waals surface area contributed by atoms with Crippen molar-refractivity contribution in [3.63, 3.8) is 0 Å². The molecule has 2 aromatic carbocycles. The summed E-state index contributed by atoms with van der Waals surface area (Å²) in [6.45, 7) is 3.40. The highest BCUT2D eigenvalue weighted by Crippen LogP contribution is 2.25. The summed E-state index contributed by atoms with van der Waals surface area (Å²) < 4.78 is 7.26. The molecular formula is C20H15NO4. The van der Waals surface area contributed by atoms with Crippen LogP contribution in [0.4, 0.5) is 0 Å². The quantitative estimate of drug-likeness (QED) is 0.320. The van der Waals surface area contributed by atoms with Crippen molar-refractivity contribution < 1.29 is 9.21 Å². The van der Waals surface area contributed by atoms with E-state index in [-0.39, 0.29) is 27.9 Å². The van der Waals surface area contributed by atoms with Crippen LogP contribution < -0.4 is 11.0 Å². The molecule has 25 heavy (non-hydrogen) atoms. The summed E-state index contributed by atoms with van der Waals surface area (Å²) in [5.41, 5.74) is -0.0524. The van der Waals surface area contributed by atoms with Gasteiger partial charge in [-0.05, 0) is 36.8 Å². The fraction of sp³-hybridized carbons (Fsp3) is 0.150. The molecule has 0 fully saturated rings. The molecule has 0 bridgehead atoms. The number of rotatable bonds is 2. The van der Waals surface area contributed by atoms with E-state index >= 15 is 0 Å². The molecule has 2 aromatic heterocycles. The van der Waals surface area contributed by atoms with Crippen molar-refractivity contribution in [2.24, 2.45) is 0 Å². The Morgan fingerprint density at radius 1 is 1.08 bits per heavy atom. The topological polar surface area (TPSA) is 69.3 Å². The third-order valence-corrected chi connectivity index (χ3v) is 4.50. The molecule has 0 unspecified atom stereocenters. The lowest BCUT2D eigenvalue weighted by Gasteiger charge is -2.10. The smallest absolute Gasteiger partial charge is 0.264 e. The van der Waals surface area contributed by atoms with E-state index in [1.165, 1.54) is 17.6 Å². The fourth-order valence-corrected chi connectivity index (χ4v) is 3.27. The van der Waals surface area contributed by atoms with Crippen LogP contribution >= 0.6 is 0 Å². The van der Waals surface area contributed by atoms with Gasteiger partial charge in [-0.3, -0.25) is 19.0 Å². The van der Waals surface area contributed by atoms with Gasteiger partial charge in [0.05, 0.1) is 16.3 Å². The Labute approximate surface area is 142 Å². The minimum atomic E-state index is -0.439. The molecule has 0 spiro atoms. The van der Waals surface area contributed by atoms with Gasteiger partial charge in [0.15, 0.2) is 5.78 Å². The van der Waals surface area contributed by atoms with Crippen LogP contribution in [-0.2, 0) is 6.54 Å². The highest BCUT2D eigenvalue weighted by Gasteiger charge is 2.18. The summed E-state index contributed by atoms with van der Waals surface area (Å²) in [5, 5.41) is 2.42. The Hall–Kier alpha value is -3.21. The summed E-state index contributed by atoms with van der Waals surface area (Å²) in [6, 6.07) is 12.5. The Balaban J connectivity index is 2.32. The minimum absolute atomic E-state index is 0.00115. The van der Waals surface area contributed by atoms with Crippen molar-refractivity contribution in [1.29, 1.82) is 0 Å². The fourth-order valence-electron chi connectivity index (χ4n) is 3.27. The zero-order valence-electron chi connectivity index (χ0n) is 13.8. The molecule has 0 aliphatic carbocycles. The van der Waals surface area contributed by atoms with Crippen LogP contribution in [0.5, 0.6) is 0 Å². The van der Waals surface area contributed by atoms with E-state index in [1.807, 2.05) is 30.3 Å². The third-order valence-electron chi connectivity index (χ3n) is 4.50. The van der Waals surface area contributed by atoms with Crippen LogP contribution in [0.25, 0.3) is 32.8 Å². The lowest BCUT2D eigenvalue weighted by atomic mass is 10.0. The van der Waals surface area contributed by atoms with E-state index in [0.29, 0.717) is 17.5 Å². The van der Waals surface area contributed by atoms with Gasteiger partial charge in [-0.15, -0.1) is 0 Å². The third kappa shape index (κ3) is 2.12. The maximum absolute atomic E-state index is 13.2. The number of fused-ring (bicyclic) bond motifs is 4. The molecule has 0 aliphatic heterocycles. The van der Waals surface area contributed by atoms with Crippen LogP contribution in [0.1, 0.15) is 24.2 Å².